The molecule has 1 amide bonds. The zero-order chi connectivity index (χ0) is 19.9. The van der Waals surface area contributed by atoms with Crippen LogP contribution in [0.2, 0.25) is 0 Å². The van der Waals surface area contributed by atoms with Crippen molar-refractivity contribution in [2.45, 2.75) is 25.1 Å². The summed E-state index contributed by atoms with van der Waals surface area (Å²) >= 11 is 2.77. The predicted molar refractivity (Wildman–Crippen MR) is 116 cm³/mol. The molecule has 1 aromatic heterocycles. The maximum absolute atomic E-state index is 12.2. The molecule has 0 aliphatic carbocycles. The van der Waals surface area contributed by atoms with Gasteiger partial charge >= 0.3 is 0 Å². The summed E-state index contributed by atoms with van der Waals surface area (Å²) in [5, 5.41) is 15.1. The van der Waals surface area contributed by atoms with Crippen molar-refractivity contribution in [2.75, 3.05) is 23.0 Å². The Labute approximate surface area is 172 Å². The molecule has 0 aliphatic rings. The van der Waals surface area contributed by atoms with E-state index in [9.17, 15) is 4.79 Å². The first kappa shape index (κ1) is 20.2. The van der Waals surface area contributed by atoms with Crippen molar-refractivity contribution in [3.05, 3.63) is 53.6 Å². The fourth-order valence-electron chi connectivity index (χ4n) is 2.55. The van der Waals surface area contributed by atoms with Gasteiger partial charge in [-0.1, -0.05) is 52.9 Å². The highest BCUT2D eigenvalue weighted by molar-refractivity contribution is 8.01. The number of carbonyl (C=O) groups excluding carboxylic acids is 1. The molecule has 0 aliphatic heterocycles. The number of benzene rings is 2. The van der Waals surface area contributed by atoms with E-state index >= 15 is 0 Å². The number of amides is 1. The molecule has 0 fully saturated rings. The second-order valence-corrected chi connectivity index (χ2v) is 8.28. The molecule has 0 bridgehead atoms. The van der Waals surface area contributed by atoms with Crippen LogP contribution in [0, 0.1) is 13.8 Å². The number of hydrogen-bond acceptors (Lipinski definition) is 7. The Balaban J connectivity index is 1.55. The third-order valence-electron chi connectivity index (χ3n) is 3.82. The first-order valence-corrected chi connectivity index (χ1v) is 10.7. The standard InChI is InChI=1S/C20H22N4O2S2/c1-4-26-17-8-6-5-7-16(17)22-19-23-24-20(28-19)27-12-18(25)21-15-10-9-13(2)11-14(15)3/h5-11H,4,12H2,1-3H3,(H,21,25)(H,22,23). The summed E-state index contributed by atoms with van der Waals surface area (Å²) in [5.41, 5.74) is 3.89. The van der Waals surface area contributed by atoms with E-state index in [4.69, 9.17) is 4.74 Å². The molecular formula is C20H22N4O2S2. The van der Waals surface area contributed by atoms with Gasteiger partial charge in [0.15, 0.2) is 4.34 Å². The predicted octanol–water partition coefficient (Wildman–Crippen LogP) is 5.03. The van der Waals surface area contributed by atoms with E-state index in [1.807, 2.05) is 63.2 Å². The van der Waals surface area contributed by atoms with Crippen LogP contribution in [-0.2, 0) is 4.79 Å². The summed E-state index contributed by atoms with van der Waals surface area (Å²) in [6.45, 7) is 6.55. The molecule has 1 heterocycles. The Bertz CT molecular complexity index is 959. The van der Waals surface area contributed by atoms with Crippen LogP contribution >= 0.6 is 23.1 Å². The minimum Gasteiger partial charge on any atom is -0.492 e. The van der Waals surface area contributed by atoms with Gasteiger partial charge in [0.2, 0.25) is 11.0 Å². The maximum Gasteiger partial charge on any atom is 0.234 e. The van der Waals surface area contributed by atoms with Crippen molar-refractivity contribution >= 4 is 45.5 Å². The van der Waals surface area contributed by atoms with Crippen molar-refractivity contribution < 1.29 is 9.53 Å². The summed E-state index contributed by atoms with van der Waals surface area (Å²) in [7, 11) is 0. The molecule has 0 saturated heterocycles. The van der Waals surface area contributed by atoms with Gasteiger partial charge in [-0.05, 0) is 44.5 Å². The lowest BCUT2D eigenvalue weighted by Crippen LogP contribution is -2.14. The number of nitrogens with one attached hydrogen (secondary N) is 2. The number of thioether (sulfide) groups is 1. The SMILES string of the molecule is CCOc1ccccc1Nc1nnc(SCC(=O)Nc2ccc(C)cc2C)s1. The lowest BCUT2D eigenvalue weighted by atomic mass is 10.1. The van der Waals surface area contributed by atoms with Gasteiger partial charge in [-0.3, -0.25) is 4.79 Å². The van der Waals surface area contributed by atoms with Gasteiger partial charge in [0, 0.05) is 5.69 Å². The van der Waals surface area contributed by atoms with Gasteiger partial charge in [-0.25, -0.2) is 0 Å². The highest BCUT2D eigenvalue weighted by atomic mass is 32.2. The molecule has 6 nitrogen and oxygen atoms in total. The third-order valence-corrected chi connectivity index (χ3v) is 5.79. The van der Waals surface area contributed by atoms with Crippen LogP contribution in [0.3, 0.4) is 0 Å². The Morgan fingerprint density at radius 1 is 1.14 bits per heavy atom. The molecule has 8 heteroatoms. The number of ether oxygens (including phenoxy) is 1. The first-order chi connectivity index (χ1) is 13.5. The maximum atomic E-state index is 12.2. The van der Waals surface area contributed by atoms with Crippen LogP contribution in [-0.4, -0.2) is 28.5 Å². The molecule has 28 heavy (non-hydrogen) atoms. The number of carbonyl (C=O) groups is 1. The molecule has 146 valence electrons. The Kier molecular flexibility index (Phi) is 6.89. The van der Waals surface area contributed by atoms with Crippen LogP contribution in [0.1, 0.15) is 18.1 Å². The molecule has 0 spiro atoms. The number of para-hydroxylation sites is 2. The van der Waals surface area contributed by atoms with Crippen molar-refractivity contribution in [3.63, 3.8) is 0 Å². The number of nitrogens with zero attached hydrogens (tertiary/aromatic N) is 2. The van der Waals surface area contributed by atoms with Crippen LogP contribution < -0.4 is 15.4 Å². The van der Waals surface area contributed by atoms with Gasteiger partial charge in [0.25, 0.3) is 0 Å². The van der Waals surface area contributed by atoms with E-state index in [0.717, 1.165) is 27.0 Å². The number of aryl methyl sites for hydroxylation is 2. The highest BCUT2D eigenvalue weighted by Gasteiger charge is 2.11. The zero-order valence-electron chi connectivity index (χ0n) is 16.0. The molecule has 0 atom stereocenters. The smallest absolute Gasteiger partial charge is 0.234 e. The fourth-order valence-corrected chi connectivity index (χ4v) is 4.12. The Morgan fingerprint density at radius 3 is 2.75 bits per heavy atom. The largest absolute Gasteiger partial charge is 0.492 e. The topological polar surface area (TPSA) is 76.1 Å². The summed E-state index contributed by atoms with van der Waals surface area (Å²) in [4.78, 5) is 12.2. The molecule has 3 rings (SSSR count). The van der Waals surface area contributed by atoms with E-state index in [-0.39, 0.29) is 11.7 Å². The van der Waals surface area contributed by atoms with E-state index in [0.29, 0.717) is 11.7 Å². The molecule has 0 radical (unpaired) electrons. The van der Waals surface area contributed by atoms with Gasteiger partial charge in [0.05, 0.1) is 18.0 Å². The Morgan fingerprint density at radius 2 is 1.96 bits per heavy atom. The molecule has 3 aromatic rings. The Hall–Kier alpha value is -2.58. The highest BCUT2D eigenvalue weighted by Crippen LogP contribution is 2.31. The quantitative estimate of drug-likeness (QED) is 0.504. The van der Waals surface area contributed by atoms with Gasteiger partial charge in [0.1, 0.15) is 5.75 Å². The number of anilines is 3. The first-order valence-electron chi connectivity index (χ1n) is 8.87. The number of aromatic nitrogens is 2. The van der Waals surface area contributed by atoms with E-state index in [1.165, 1.54) is 28.7 Å². The molecular weight excluding hydrogens is 392 g/mol. The van der Waals surface area contributed by atoms with Crippen LogP contribution in [0.25, 0.3) is 0 Å². The van der Waals surface area contributed by atoms with Crippen molar-refractivity contribution in [2.24, 2.45) is 0 Å². The van der Waals surface area contributed by atoms with Crippen LogP contribution in [0.5, 0.6) is 5.75 Å². The van der Waals surface area contributed by atoms with E-state index < -0.39 is 0 Å². The van der Waals surface area contributed by atoms with Crippen LogP contribution in [0.15, 0.2) is 46.8 Å². The average Bonchev–Trinajstić information content (AvgIpc) is 3.12. The summed E-state index contributed by atoms with van der Waals surface area (Å²) < 4.78 is 6.33. The fraction of sp³-hybridized carbons (Fsp3) is 0.250. The van der Waals surface area contributed by atoms with Gasteiger partial charge in [-0.15, -0.1) is 10.2 Å². The normalized spacial score (nSPS) is 10.5. The van der Waals surface area contributed by atoms with Gasteiger partial charge < -0.3 is 15.4 Å². The minimum absolute atomic E-state index is 0.0663. The van der Waals surface area contributed by atoms with Crippen molar-refractivity contribution in [3.8, 4) is 5.75 Å². The molecule has 0 saturated carbocycles. The lowest BCUT2D eigenvalue weighted by molar-refractivity contribution is -0.113. The second kappa shape index (κ2) is 9.57. The van der Waals surface area contributed by atoms with E-state index in [1.54, 1.807) is 0 Å². The molecule has 2 aromatic carbocycles. The van der Waals surface area contributed by atoms with Gasteiger partial charge in [-0.2, -0.15) is 0 Å². The monoisotopic (exact) mass is 414 g/mol. The minimum atomic E-state index is -0.0663. The summed E-state index contributed by atoms with van der Waals surface area (Å²) in [5.74, 6) is 0.975. The molecule has 2 N–H and O–H groups in total. The third kappa shape index (κ3) is 5.46. The van der Waals surface area contributed by atoms with Crippen molar-refractivity contribution in [1.82, 2.24) is 10.2 Å². The molecule has 0 unspecified atom stereocenters. The average molecular weight is 415 g/mol. The van der Waals surface area contributed by atoms with Crippen molar-refractivity contribution in [1.29, 1.82) is 0 Å². The second-order valence-electron chi connectivity index (χ2n) is 6.08. The van der Waals surface area contributed by atoms with Crippen LogP contribution in [0.4, 0.5) is 16.5 Å². The zero-order valence-corrected chi connectivity index (χ0v) is 17.6. The number of rotatable bonds is 8. The lowest BCUT2D eigenvalue weighted by Gasteiger charge is -2.09. The number of hydrogen-bond donors (Lipinski definition) is 2. The van der Waals surface area contributed by atoms with E-state index in [2.05, 4.69) is 20.8 Å². The summed E-state index contributed by atoms with van der Waals surface area (Å²) in [6.07, 6.45) is 0. The summed E-state index contributed by atoms with van der Waals surface area (Å²) in [6, 6.07) is 13.6.